The molecule has 0 bridgehead atoms. The minimum Gasteiger partial charge on any atom is -0.381 e. The van der Waals surface area contributed by atoms with E-state index in [-0.39, 0.29) is 23.1 Å². The topological polar surface area (TPSA) is 79.0 Å². The molecule has 0 aromatic heterocycles. The fourth-order valence-electron chi connectivity index (χ4n) is 4.94. The predicted octanol–water partition coefficient (Wildman–Crippen LogP) is 2.05. The second-order valence-electron chi connectivity index (χ2n) is 8.59. The van der Waals surface area contributed by atoms with Crippen molar-refractivity contribution in [2.75, 3.05) is 45.9 Å². The van der Waals surface area contributed by atoms with Crippen LogP contribution in [0, 0.1) is 11.3 Å². The summed E-state index contributed by atoms with van der Waals surface area (Å²) in [5, 5.41) is 3.08. The lowest BCUT2D eigenvalue weighted by Crippen LogP contribution is -2.45. The van der Waals surface area contributed by atoms with Crippen LogP contribution in [0.15, 0.2) is 30.3 Å². The van der Waals surface area contributed by atoms with E-state index in [4.69, 9.17) is 4.74 Å². The summed E-state index contributed by atoms with van der Waals surface area (Å²) in [6, 6.07) is 9.31. The van der Waals surface area contributed by atoms with Gasteiger partial charge in [0, 0.05) is 45.9 Å². The number of hydrogen-bond donors (Lipinski definition) is 1. The SMILES string of the molecule is O=C(NCC1CN(S(=O)(=O)Cc2ccccc2)CC12CCOCC2)N1CCCC1. The van der Waals surface area contributed by atoms with Gasteiger partial charge in [-0.3, -0.25) is 0 Å². The van der Waals surface area contributed by atoms with Gasteiger partial charge in [-0.25, -0.2) is 17.5 Å². The summed E-state index contributed by atoms with van der Waals surface area (Å²) >= 11 is 0. The molecule has 1 aromatic rings. The van der Waals surface area contributed by atoms with Gasteiger partial charge in [0.25, 0.3) is 0 Å². The standard InChI is InChI=1S/C21H31N3O4S/c25-20(23-10-4-5-11-23)22-14-19-15-24(17-21(19)8-12-28-13-9-21)29(26,27)16-18-6-2-1-3-7-18/h1-3,6-7,19H,4-5,8-17H2,(H,22,25). The summed E-state index contributed by atoms with van der Waals surface area (Å²) in [5.74, 6) is 0.135. The molecule has 1 spiro atoms. The molecule has 1 atom stereocenters. The Morgan fingerprint density at radius 2 is 1.83 bits per heavy atom. The number of ether oxygens (including phenoxy) is 1. The Balaban J connectivity index is 1.45. The van der Waals surface area contributed by atoms with Gasteiger partial charge >= 0.3 is 6.03 Å². The summed E-state index contributed by atoms with van der Waals surface area (Å²) < 4.78 is 33.5. The highest BCUT2D eigenvalue weighted by molar-refractivity contribution is 7.88. The lowest BCUT2D eigenvalue weighted by molar-refractivity contribution is 0.00175. The van der Waals surface area contributed by atoms with Gasteiger partial charge in [0.1, 0.15) is 0 Å². The zero-order valence-electron chi connectivity index (χ0n) is 16.9. The van der Waals surface area contributed by atoms with E-state index >= 15 is 0 Å². The smallest absolute Gasteiger partial charge is 0.317 e. The molecular formula is C21H31N3O4S. The fraction of sp³-hybridized carbons (Fsp3) is 0.667. The van der Waals surface area contributed by atoms with Crippen LogP contribution in [0.3, 0.4) is 0 Å². The number of nitrogens with zero attached hydrogens (tertiary/aromatic N) is 2. The summed E-state index contributed by atoms with van der Waals surface area (Å²) in [6.07, 6.45) is 3.80. The third-order valence-corrected chi connectivity index (χ3v) is 8.51. The molecule has 4 rings (SSSR count). The maximum atomic E-state index is 13.1. The van der Waals surface area contributed by atoms with E-state index in [0.29, 0.717) is 32.8 Å². The number of carbonyl (C=O) groups is 1. The highest BCUT2D eigenvalue weighted by atomic mass is 32.2. The molecule has 7 nitrogen and oxygen atoms in total. The van der Waals surface area contributed by atoms with Crippen LogP contribution in [0.5, 0.6) is 0 Å². The Kier molecular flexibility index (Phi) is 6.13. The Hall–Kier alpha value is -1.64. The molecule has 3 aliphatic heterocycles. The zero-order valence-corrected chi connectivity index (χ0v) is 17.7. The van der Waals surface area contributed by atoms with Crippen LogP contribution in [-0.4, -0.2) is 69.6 Å². The van der Waals surface area contributed by atoms with Crippen molar-refractivity contribution in [3.63, 3.8) is 0 Å². The minimum absolute atomic E-state index is 0.0182. The van der Waals surface area contributed by atoms with E-state index < -0.39 is 10.0 Å². The molecule has 0 aliphatic carbocycles. The van der Waals surface area contributed by atoms with E-state index in [1.807, 2.05) is 35.2 Å². The van der Waals surface area contributed by atoms with E-state index in [2.05, 4.69) is 5.32 Å². The molecule has 160 valence electrons. The Labute approximate surface area is 173 Å². The fourth-order valence-corrected chi connectivity index (χ4v) is 6.60. The van der Waals surface area contributed by atoms with Crippen LogP contribution in [0.25, 0.3) is 0 Å². The van der Waals surface area contributed by atoms with Crippen molar-refractivity contribution in [3.8, 4) is 0 Å². The second-order valence-corrected chi connectivity index (χ2v) is 10.6. The van der Waals surface area contributed by atoms with Crippen LogP contribution in [0.2, 0.25) is 0 Å². The number of nitrogens with one attached hydrogen (secondary N) is 1. The summed E-state index contributed by atoms with van der Waals surface area (Å²) in [6.45, 7) is 4.45. The zero-order chi connectivity index (χ0) is 20.3. The number of rotatable bonds is 5. The number of sulfonamides is 1. The summed E-state index contributed by atoms with van der Waals surface area (Å²) in [5.41, 5.74) is 0.694. The molecular weight excluding hydrogens is 390 g/mol. The first-order valence-electron chi connectivity index (χ1n) is 10.6. The van der Waals surface area contributed by atoms with Crippen molar-refractivity contribution >= 4 is 16.1 Å². The molecule has 1 aromatic carbocycles. The van der Waals surface area contributed by atoms with Gasteiger partial charge < -0.3 is 15.0 Å². The van der Waals surface area contributed by atoms with E-state index in [0.717, 1.165) is 44.3 Å². The number of amides is 2. The van der Waals surface area contributed by atoms with Gasteiger partial charge in [0.2, 0.25) is 10.0 Å². The highest BCUT2D eigenvalue weighted by Gasteiger charge is 2.50. The van der Waals surface area contributed by atoms with Crippen molar-refractivity contribution in [2.24, 2.45) is 11.3 Å². The third kappa shape index (κ3) is 4.59. The Morgan fingerprint density at radius 1 is 1.14 bits per heavy atom. The molecule has 3 heterocycles. The lowest BCUT2D eigenvalue weighted by atomic mass is 9.72. The summed E-state index contributed by atoms with van der Waals surface area (Å²) in [4.78, 5) is 14.3. The average molecular weight is 422 g/mol. The largest absolute Gasteiger partial charge is 0.381 e. The van der Waals surface area contributed by atoms with Crippen molar-refractivity contribution in [1.82, 2.24) is 14.5 Å². The third-order valence-electron chi connectivity index (χ3n) is 6.75. The van der Waals surface area contributed by atoms with Crippen LogP contribution in [-0.2, 0) is 20.5 Å². The van der Waals surface area contributed by atoms with Gasteiger partial charge in [0.15, 0.2) is 0 Å². The number of carbonyl (C=O) groups excluding carboxylic acids is 1. The van der Waals surface area contributed by atoms with E-state index in [9.17, 15) is 13.2 Å². The van der Waals surface area contributed by atoms with Crippen molar-refractivity contribution < 1.29 is 17.9 Å². The molecule has 8 heteroatoms. The lowest BCUT2D eigenvalue weighted by Gasteiger charge is -2.38. The average Bonchev–Trinajstić information content (AvgIpc) is 3.37. The van der Waals surface area contributed by atoms with Gasteiger partial charge in [-0.15, -0.1) is 0 Å². The first-order chi connectivity index (χ1) is 14.0. The molecule has 0 saturated carbocycles. The van der Waals surface area contributed by atoms with E-state index in [1.165, 1.54) is 0 Å². The number of benzene rings is 1. The Morgan fingerprint density at radius 3 is 2.52 bits per heavy atom. The molecule has 0 radical (unpaired) electrons. The van der Waals surface area contributed by atoms with E-state index in [1.54, 1.807) is 4.31 Å². The second kappa shape index (κ2) is 8.62. The number of hydrogen-bond acceptors (Lipinski definition) is 4. The monoisotopic (exact) mass is 421 g/mol. The van der Waals surface area contributed by atoms with Gasteiger partial charge in [-0.2, -0.15) is 0 Å². The van der Waals surface area contributed by atoms with Crippen molar-refractivity contribution in [3.05, 3.63) is 35.9 Å². The molecule has 3 saturated heterocycles. The maximum absolute atomic E-state index is 13.1. The van der Waals surface area contributed by atoms with Crippen LogP contribution in [0.1, 0.15) is 31.2 Å². The Bertz CT molecular complexity index is 802. The highest BCUT2D eigenvalue weighted by Crippen LogP contribution is 2.45. The quantitative estimate of drug-likeness (QED) is 0.789. The van der Waals surface area contributed by atoms with Crippen LogP contribution >= 0.6 is 0 Å². The van der Waals surface area contributed by atoms with Crippen LogP contribution in [0.4, 0.5) is 4.79 Å². The maximum Gasteiger partial charge on any atom is 0.317 e. The number of urea groups is 1. The van der Waals surface area contributed by atoms with Crippen molar-refractivity contribution in [1.29, 1.82) is 0 Å². The predicted molar refractivity (Wildman–Crippen MR) is 111 cm³/mol. The minimum atomic E-state index is -3.41. The summed E-state index contributed by atoms with van der Waals surface area (Å²) in [7, 11) is -3.41. The molecule has 2 amide bonds. The molecule has 1 N–H and O–H groups in total. The first kappa shape index (κ1) is 20.6. The normalized spacial score (nSPS) is 24.8. The van der Waals surface area contributed by atoms with Gasteiger partial charge in [0.05, 0.1) is 5.75 Å². The van der Waals surface area contributed by atoms with Gasteiger partial charge in [-0.05, 0) is 42.6 Å². The first-order valence-corrected chi connectivity index (χ1v) is 12.2. The van der Waals surface area contributed by atoms with Gasteiger partial charge in [-0.1, -0.05) is 30.3 Å². The molecule has 29 heavy (non-hydrogen) atoms. The molecule has 3 fully saturated rings. The molecule has 3 aliphatic rings. The van der Waals surface area contributed by atoms with Crippen LogP contribution < -0.4 is 5.32 Å². The van der Waals surface area contributed by atoms with Crippen molar-refractivity contribution in [2.45, 2.75) is 31.4 Å². The molecule has 1 unspecified atom stereocenters. The number of likely N-dealkylation sites (tertiary alicyclic amines) is 1.